The molecule has 47 heavy (non-hydrogen) atoms. The SMILES string of the molecule is c1ccc(-c2nc(-c3ccccc3)nc(-c3ccc(-c4nc(-c5ccc6oc7ccccc7c6c5)nc5ccccc45)cc3)n2)cc1. The Balaban J connectivity index is 1.15. The fraction of sp³-hybridized carbons (Fsp3) is 0. The summed E-state index contributed by atoms with van der Waals surface area (Å²) in [5.41, 5.74) is 8.12. The molecule has 9 rings (SSSR count). The molecule has 0 unspecified atom stereocenters. The topological polar surface area (TPSA) is 77.6 Å². The third-order valence-electron chi connectivity index (χ3n) is 8.35. The Morgan fingerprint density at radius 2 is 0.809 bits per heavy atom. The van der Waals surface area contributed by atoms with Gasteiger partial charge in [-0.05, 0) is 30.3 Å². The predicted molar refractivity (Wildman–Crippen MR) is 187 cm³/mol. The number of hydrogen-bond donors (Lipinski definition) is 0. The molecule has 0 saturated heterocycles. The van der Waals surface area contributed by atoms with Crippen LogP contribution in [0.2, 0.25) is 0 Å². The van der Waals surface area contributed by atoms with E-state index < -0.39 is 0 Å². The van der Waals surface area contributed by atoms with Gasteiger partial charge in [0.15, 0.2) is 23.3 Å². The van der Waals surface area contributed by atoms with Gasteiger partial charge in [-0.3, -0.25) is 0 Å². The number of furan rings is 1. The molecule has 9 aromatic rings. The molecule has 0 saturated carbocycles. The van der Waals surface area contributed by atoms with E-state index in [1.165, 1.54) is 0 Å². The summed E-state index contributed by atoms with van der Waals surface area (Å²) in [7, 11) is 0. The number of hydrogen-bond acceptors (Lipinski definition) is 6. The van der Waals surface area contributed by atoms with Crippen molar-refractivity contribution < 1.29 is 4.42 Å². The molecule has 0 N–H and O–H groups in total. The molecule has 0 aliphatic carbocycles. The normalized spacial score (nSPS) is 11.4. The molecule has 6 aromatic carbocycles. The molecule has 0 fully saturated rings. The first kappa shape index (κ1) is 26.8. The van der Waals surface area contributed by atoms with Crippen LogP contribution in [0.3, 0.4) is 0 Å². The van der Waals surface area contributed by atoms with Crippen LogP contribution < -0.4 is 0 Å². The summed E-state index contributed by atoms with van der Waals surface area (Å²) in [6.07, 6.45) is 0. The molecule has 6 heteroatoms. The van der Waals surface area contributed by atoms with E-state index in [2.05, 4.69) is 42.5 Å². The van der Waals surface area contributed by atoms with Crippen molar-refractivity contribution in [3.8, 4) is 56.8 Å². The minimum absolute atomic E-state index is 0.609. The minimum Gasteiger partial charge on any atom is -0.456 e. The van der Waals surface area contributed by atoms with Gasteiger partial charge in [0.2, 0.25) is 0 Å². The van der Waals surface area contributed by atoms with Crippen LogP contribution in [0.1, 0.15) is 0 Å². The van der Waals surface area contributed by atoms with Crippen LogP contribution in [-0.4, -0.2) is 24.9 Å². The maximum absolute atomic E-state index is 6.06. The number of rotatable bonds is 5. The molecular formula is C41H25N5O. The van der Waals surface area contributed by atoms with Crippen LogP contribution in [0.4, 0.5) is 0 Å². The first-order valence-electron chi connectivity index (χ1n) is 15.4. The average molecular weight is 604 g/mol. The van der Waals surface area contributed by atoms with Gasteiger partial charge in [-0.2, -0.15) is 0 Å². The molecule has 3 heterocycles. The second-order valence-corrected chi connectivity index (χ2v) is 11.3. The summed E-state index contributed by atoms with van der Waals surface area (Å²) in [5.74, 6) is 2.53. The van der Waals surface area contributed by atoms with Gasteiger partial charge < -0.3 is 4.42 Å². The smallest absolute Gasteiger partial charge is 0.164 e. The van der Waals surface area contributed by atoms with Crippen molar-refractivity contribution in [3.05, 3.63) is 152 Å². The van der Waals surface area contributed by atoms with Gasteiger partial charge in [-0.25, -0.2) is 24.9 Å². The highest BCUT2D eigenvalue weighted by Gasteiger charge is 2.16. The minimum atomic E-state index is 0.609. The molecule has 0 amide bonds. The van der Waals surface area contributed by atoms with E-state index in [0.29, 0.717) is 23.3 Å². The number of para-hydroxylation sites is 2. The van der Waals surface area contributed by atoms with E-state index in [4.69, 9.17) is 29.3 Å². The van der Waals surface area contributed by atoms with Gasteiger partial charge in [0.1, 0.15) is 11.2 Å². The molecule has 0 spiro atoms. The maximum atomic E-state index is 6.06. The summed E-state index contributed by atoms with van der Waals surface area (Å²) in [6.45, 7) is 0. The Morgan fingerprint density at radius 3 is 1.49 bits per heavy atom. The summed E-state index contributed by atoms with van der Waals surface area (Å²) in [4.78, 5) is 24.7. The van der Waals surface area contributed by atoms with Crippen molar-refractivity contribution in [2.45, 2.75) is 0 Å². The van der Waals surface area contributed by atoms with Gasteiger partial charge in [0.25, 0.3) is 0 Å². The highest BCUT2D eigenvalue weighted by Crippen LogP contribution is 2.34. The Morgan fingerprint density at radius 1 is 0.319 bits per heavy atom. The summed E-state index contributed by atoms with van der Waals surface area (Å²) >= 11 is 0. The molecule has 220 valence electrons. The quantitative estimate of drug-likeness (QED) is 0.195. The first-order chi connectivity index (χ1) is 23.3. The molecule has 0 aliphatic rings. The lowest BCUT2D eigenvalue weighted by molar-refractivity contribution is 0.669. The third kappa shape index (κ3) is 4.89. The second kappa shape index (κ2) is 11.1. The fourth-order valence-corrected chi connectivity index (χ4v) is 6.01. The van der Waals surface area contributed by atoms with Crippen LogP contribution in [-0.2, 0) is 0 Å². The van der Waals surface area contributed by atoms with E-state index in [1.807, 2.05) is 109 Å². The second-order valence-electron chi connectivity index (χ2n) is 11.3. The fourth-order valence-electron chi connectivity index (χ4n) is 6.01. The van der Waals surface area contributed by atoms with Gasteiger partial charge in [-0.1, -0.05) is 121 Å². The standard InChI is InChI=1S/C41H25N5O/c1-3-11-27(12-4-1)38-44-39(28-13-5-2-6-14-28)46-40(45-38)29-21-19-26(20-22-29)37-32-16-7-9-17-34(32)42-41(43-37)30-23-24-36-33(25-30)31-15-8-10-18-35(31)47-36/h1-25H. The van der Waals surface area contributed by atoms with Crippen molar-refractivity contribution in [1.82, 2.24) is 24.9 Å². The van der Waals surface area contributed by atoms with Crippen LogP contribution in [0.15, 0.2) is 156 Å². The molecule has 0 bridgehead atoms. The van der Waals surface area contributed by atoms with Crippen LogP contribution >= 0.6 is 0 Å². The summed E-state index contributed by atoms with van der Waals surface area (Å²) in [6, 6.07) is 50.6. The number of nitrogens with zero attached hydrogens (tertiary/aromatic N) is 5. The van der Waals surface area contributed by atoms with Gasteiger partial charge in [-0.15, -0.1) is 0 Å². The Hall–Kier alpha value is -6.53. The number of aromatic nitrogens is 5. The lowest BCUT2D eigenvalue weighted by atomic mass is 10.0. The predicted octanol–water partition coefficient (Wildman–Crippen LogP) is 10.0. The van der Waals surface area contributed by atoms with Crippen molar-refractivity contribution in [2.75, 3.05) is 0 Å². The zero-order valence-corrected chi connectivity index (χ0v) is 25.1. The lowest BCUT2D eigenvalue weighted by Gasteiger charge is -2.11. The highest BCUT2D eigenvalue weighted by atomic mass is 16.3. The van der Waals surface area contributed by atoms with Crippen LogP contribution in [0.25, 0.3) is 89.7 Å². The highest BCUT2D eigenvalue weighted by molar-refractivity contribution is 6.06. The van der Waals surface area contributed by atoms with Crippen molar-refractivity contribution in [3.63, 3.8) is 0 Å². The largest absolute Gasteiger partial charge is 0.456 e. The molecule has 6 nitrogen and oxygen atoms in total. The summed E-state index contributed by atoms with van der Waals surface area (Å²) < 4.78 is 6.06. The van der Waals surface area contributed by atoms with E-state index >= 15 is 0 Å². The van der Waals surface area contributed by atoms with Crippen molar-refractivity contribution >= 4 is 32.8 Å². The zero-order valence-electron chi connectivity index (χ0n) is 25.1. The average Bonchev–Trinajstić information content (AvgIpc) is 3.53. The molecule has 0 atom stereocenters. The van der Waals surface area contributed by atoms with E-state index in [1.54, 1.807) is 0 Å². The third-order valence-corrected chi connectivity index (χ3v) is 8.35. The molecule has 3 aromatic heterocycles. The summed E-state index contributed by atoms with van der Waals surface area (Å²) in [5, 5.41) is 3.10. The van der Waals surface area contributed by atoms with E-state index in [-0.39, 0.29) is 0 Å². The van der Waals surface area contributed by atoms with Gasteiger partial charge in [0.05, 0.1) is 11.2 Å². The Bertz CT molecular complexity index is 2500. The Kier molecular flexibility index (Phi) is 6.35. The van der Waals surface area contributed by atoms with Gasteiger partial charge >= 0.3 is 0 Å². The van der Waals surface area contributed by atoms with E-state index in [0.717, 1.165) is 66.4 Å². The van der Waals surface area contributed by atoms with Crippen molar-refractivity contribution in [2.24, 2.45) is 0 Å². The molecule has 0 aliphatic heterocycles. The first-order valence-corrected chi connectivity index (χ1v) is 15.4. The van der Waals surface area contributed by atoms with Crippen LogP contribution in [0.5, 0.6) is 0 Å². The number of benzene rings is 6. The van der Waals surface area contributed by atoms with Crippen LogP contribution in [0, 0.1) is 0 Å². The molecule has 0 radical (unpaired) electrons. The Labute approximate surface area is 270 Å². The monoisotopic (exact) mass is 603 g/mol. The van der Waals surface area contributed by atoms with Gasteiger partial charge in [0, 0.05) is 44.0 Å². The van der Waals surface area contributed by atoms with E-state index in [9.17, 15) is 0 Å². The van der Waals surface area contributed by atoms with Crippen molar-refractivity contribution in [1.29, 1.82) is 0 Å². The maximum Gasteiger partial charge on any atom is 0.164 e. The number of fused-ring (bicyclic) bond motifs is 4. The lowest BCUT2D eigenvalue weighted by Crippen LogP contribution is -2.00. The zero-order chi connectivity index (χ0) is 31.2. The molecular weight excluding hydrogens is 578 g/mol.